The summed E-state index contributed by atoms with van der Waals surface area (Å²) in [6.45, 7) is 1.08. The fourth-order valence-electron chi connectivity index (χ4n) is 4.17. The fraction of sp³-hybridized carbons (Fsp3) is 0.231. The van der Waals surface area contributed by atoms with E-state index in [1.165, 1.54) is 17.6 Å². The van der Waals surface area contributed by atoms with Crippen LogP contribution in [0.25, 0.3) is 10.2 Å². The Morgan fingerprint density at radius 3 is 2.20 bits per heavy atom. The van der Waals surface area contributed by atoms with Crippen molar-refractivity contribution in [1.82, 2.24) is 9.88 Å². The molecule has 4 aromatic rings. The van der Waals surface area contributed by atoms with Crippen molar-refractivity contribution in [2.45, 2.75) is 10.8 Å². The van der Waals surface area contributed by atoms with Gasteiger partial charge in [0.05, 0.1) is 21.0 Å². The Morgan fingerprint density at radius 1 is 0.971 bits per heavy atom. The number of sulfone groups is 1. The summed E-state index contributed by atoms with van der Waals surface area (Å²) in [7, 11) is 0.564. The van der Waals surface area contributed by atoms with Crippen molar-refractivity contribution in [2.75, 3.05) is 38.3 Å². The van der Waals surface area contributed by atoms with E-state index in [1.807, 2.05) is 67.5 Å². The van der Waals surface area contributed by atoms with Gasteiger partial charge in [-0.25, -0.2) is 13.4 Å². The molecule has 0 saturated carbocycles. The van der Waals surface area contributed by atoms with Crippen LogP contribution in [0.1, 0.15) is 17.0 Å². The highest BCUT2D eigenvalue weighted by molar-refractivity contribution is 7.90. The molecule has 0 N–H and O–H groups in total. The number of fused-ring (bicyclic) bond motifs is 3. The number of aromatic nitrogens is 1. The summed E-state index contributed by atoms with van der Waals surface area (Å²) in [6, 6.07) is 20.1. The van der Waals surface area contributed by atoms with Gasteiger partial charge in [0, 0.05) is 30.5 Å². The minimum atomic E-state index is -3.35. The molecule has 7 nitrogen and oxygen atoms in total. The van der Waals surface area contributed by atoms with Gasteiger partial charge in [-0.3, -0.25) is 9.69 Å². The second-order valence-electron chi connectivity index (χ2n) is 8.80. The highest BCUT2D eigenvalue weighted by atomic mass is 32.2. The van der Waals surface area contributed by atoms with E-state index in [1.54, 1.807) is 23.1 Å². The number of hydrogen-bond donors (Lipinski definition) is 0. The molecule has 0 atom stereocenters. The van der Waals surface area contributed by atoms with Crippen LogP contribution in [0.5, 0.6) is 11.5 Å². The minimum Gasteiger partial charge on any atom is -0.457 e. The Kier molecular flexibility index (Phi) is 6.08. The van der Waals surface area contributed by atoms with E-state index in [2.05, 4.69) is 0 Å². The zero-order valence-corrected chi connectivity index (χ0v) is 21.3. The summed E-state index contributed by atoms with van der Waals surface area (Å²) >= 11 is 1.32. The summed E-state index contributed by atoms with van der Waals surface area (Å²) in [6.07, 6.45) is 1.18. The predicted octanol–water partition coefficient (Wildman–Crippen LogP) is 4.53. The normalized spacial score (nSPS) is 13.4. The van der Waals surface area contributed by atoms with Crippen molar-refractivity contribution < 1.29 is 17.9 Å². The summed E-state index contributed by atoms with van der Waals surface area (Å²) in [5.41, 5.74) is 2.28. The monoisotopic (exact) mass is 507 g/mol. The van der Waals surface area contributed by atoms with Crippen LogP contribution in [0, 0.1) is 0 Å². The summed E-state index contributed by atoms with van der Waals surface area (Å²) < 4.78 is 30.9. The second kappa shape index (κ2) is 9.07. The SMILES string of the molecule is CN(C)CCN(C(=O)C1c2ccccc2Oc2ccccc21)c1nc2ccc(S(C)(=O)=O)cc2s1. The summed E-state index contributed by atoms with van der Waals surface area (Å²) in [4.78, 5) is 22.9. The van der Waals surface area contributed by atoms with Crippen LogP contribution in [0.4, 0.5) is 5.13 Å². The molecule has 1 amide bonds. The zero-order valence-electron chi connectivity index (χ0n) is 19.6. The van der Waals surface area contributed by atoms with Crippen LogP contribution in [0.3, 0.4) is 0 Å². The van der Waals surface area contributed by atoms with Gasteiger partial charge in [-0.1, -0.05) is 47.7 Å². The van der Waals surface area contributed by atoms with Gasteiger partial charge in [-0.05, 0) is 44.4 Å². The maximum absolute atomic E-state index is 14.3. The average molecular weight is 508 g/mol. The number of anilines is 1. The van der Waals surface area contributed by atoms with Gasteiger partial charge in [-0.15, -0.1) is 0 Å². The lowest BCUT2D eigenvalue weighted by molar-refractivity contribution is -0.119. The molecule has 1 aliphatic rings. The highest BCUT2D eigenvalue weighted by Crippen LogP contribution is 2.45. The van der Waals surface area contributed by atoms with Crippen LogP contribution >= 0.6 is 11.3 Å². The molecule has 35 heavy (non-hydrogen) atoms. The maximum atomic E-state index is 14.3. The Morgan fingerprint density at radius 2 is 1.60 bits per heavy atom. The number of rotatable bonds is 6. The topological polar surface area (TPSA) is 79.8 Å². The number of carbonyl (C=O) groups excluding carboxylic acids is 1. The molecular formula is C26H25N3O4S2. The molecule has 9 heteroatoms. The fourth-order valence-corrected chi connectivity index (χ4v) is 5.93. The summed E-state index contributed by atoms with van der Waals surface area (Å²) in [5.74, 6) is 0.688. The van der Waals surface area contributed by atoms with Crippen molar-refractivity contribution in [1.29, 1.82) is 0 Å². The van der Waals surface area contributed by atoms with Gasteiger partial charge < -0.3 is 9.64 Å². The molecule has 180 valence electrons. The minimum absolute atomic E-state index is 0.0996. The van der Waals surface area contributed by atoms with E-state index >= 15 is 0 Å². The van der Waals surface area contributed by atoms with E-state index in [4.69, 9.17) is 9.72 Å². The van der Waals surface area contributed by atoms with Crippen LogP contribution in [-0.2, 0) is 14.6 Å². The number of likely N-dealkylation sites (N-methyl/N-ethyl adjacent to an activating group) is 1. The molecule has 0 aliphatic carbocycles. The second-order valence-corrected chi connectivity index (χ2v) is 11.8. The number of ether oxygens (including phenoxy) is 1. The smallest absolute Gasteiger partial charge is 0.241 e. The lowest BCUT2D eigenvalue weighted by Gasteiger charge is -2.31. The van der Waals surface area contributed by atoms with Crippen molar-refractivity contribution >= 4 is 42.4 Å². The van der Waals surface area contributed by atoms with E-state index in [0.29, 0.717) is 35.2 Å². The van der Waals surface area contributed by atoms with Gasteiger partial charge in [0.25, 0.3) is 0 Å². The van der Waals surface area contributed by atoms with Crippen LogP contribution in [-0.4, -0.2) is 57.6 Å². The lowest BCUT2D eigenvalue weighted by Crippen LogP contribution is -2.40. The van der Waals surface area contributed by atoms with Crippen molar-refractivity contribution in [2.24, 2.45) is 0 Å². The lowest BCUT2D eigenvalue weighted by atomic mass is 9.87. The van der Waals surface area contributed by atoms with Crippen LogP contribution in [0.2, 0.25) is 0 Å². The molecule has 2 heterocycles. The van der Waals surface area contributed by atoms with E-state index in [-0.39, 0.29) is 10.8 Å². The number of thiazole rings is 1. The van der Waals surface area contributed by atoms with E-state index in [9.17, 15) is 13.2 Å². The molecule has 0 unspecified atom stereocenters. The Labute approximate surface area is 208 Å². The van der Waals surface area contributed by atoms with Crippen LogP contribution in [0.15, 0.2) is 71.6 Å². The molecule has 1 aliphatic heterocycles. The van der Waals surface area contributed by atoms with Crippen molar-refractivity contribution in [3.05, 3.63) is 77.9 Å². The first-order valence-corrected chi connectivity index (χ1v) is 13.9. The number of carbonyl (C=O) groups is 1. The zero-order chi connectivity index (χ0) is 24.7. The first kappa shape index (κ1) is 23.5. The quantitative estimate of drug-likeness (QED) is 0.382. The molecule has 0 saturated heterocycles. The molecular weight excluding hydrogens is 482 g/mol. The molecule has 0 bridgehead atoms. The third-order valence-corrected chi connectivity index (χ3v) is 8.12. The number of nitrogens with zero attached hydrogens (tertiary/aromatic N) is 3. The number of amides is 1. The van der Waals surface area contributed by atoms with E-state index < -0.39 is 15.8 Å². The predicted molar refractivity (Wildman–Crippen MR) is 138 cm³/mol. The first-order valence-electron chi connectivity index (χ1n) is 11.1. The molecule has 3 aromatic carbocycles. The third-order valence-electron chi connectivity index (χ3n) is 5.97. The largest absolute Gasteiger partial charge is 0.457 e. The third kappa shape index (κ3) is 4.54. The first-order chi connectivity index (χ1) is 16.7. The Hall–Kier alpha value is -3.27. The van der Waals surface area contributed by atoms with E-state index in [0.717, 1.165) is 15.8 Å². The number of benzene rings is 3. The average Bonchev–Trinajstić information content (AvgIpc) is 3.24. The maximum Gasteiger partial charge on any atom is 0.241 e. The van der Waals surface area contributed by atoms with Gasteiger partial charge >= 0.3 is 0 Å². The number of para-hydroxylation sites is 2. The van der Waals surface area contributed by atoms with Gasteiger partial charge in [0.15, 0.2) is 15.0 Å². The number of hydrogen-bond acceptors (Lipinski definition) is 7. The van der Waals surface area contributed by atoms with Crippen molar-refractivity contribution in [3.63, 3.8) is 0 Å². The standard InChI is InChI=1S/C26H25N3O4S2/c1-28(2)14-15-29(26-27-20-13-12-17(35(3,31)32)16-23(20)34-26)25(30)24-18-8-4-6-10-21(18)33-22-11-7-5-9-19(22)24/h4-13,16,24H,14-15H2,1-3H3. The molecule has 0 spiro atoms. The van der Waals surface area contributed by atoms with Gasteiger partial charge in [0.2, 0.25) is 5.91 Å². The van der Waals surface area contributed by atoms with Crippen molar-refractivity contribution in [3.8, 4) is 11.5 Å². The summed E-state index contributed by atoms with van der Waals surface area (Å²) in [5, 5.41) is 0.541. The molecule has 0 radical (unpaired) electrons. The Balaban J connectivity index is 1.61. The highest BCUT2D eigenvalue weighted by Gasteiger charge is 2.36. The Bertz CT molecular complexity index is 1480. The van der Waals surface area contributed by atoms with Gasteiger partial charge in [0.1, 0.15) is 11.5 Å². The van der Waals surface area contributed by atoms with Gasteiger partial charge in [-0.2, -0.15) is 0 Å². The molecule has 5 rings (SSSR count). The molecule has 1 aromatic heterocycles. The molecule has 0 fully saturated rings. The van der Waals surface area contributed by atoms with Crippen LogP contribution < -0.4 is 9.64 Å².